The summed E-state index contributed by atoms with van der Waals surface area (Å²) in [6, 6.07) is 10.4. The number of rotatable bonds is 8. The van der Waals surface area contributed by atoms with Gasteiger partial charge >= 0.3 is 0 Å². The number of carbonyl (C=O) groups excluding carboxylic acids is 1. The largest absolute Gasteiger partial charge is 0.495 e. The number of nitrogens with one attached hydrogen (secondary N) is 1. The zero-order valence-electron chi connectivity index (χ0n) is 17.6. The zero-order chi connectivity index (χ0) is 21.7. The Morgan fingerprint density at radius 3 is 2.40 bits per heavy atom. The first-order valence-corrected chi connectivity index (χ1v) is 11.4. The molecule has 1 heterocycles. The molecule has 0 saturated carbocycles. The molecule has 8 heteroatoms. The Morgan fingerprint density at radius 1 is 1.10 bits per heavy atom. The maximum atomic E-state index is 13.0. The lowest BCUT2D eigenvalue weighted by atomic mass is 10.1. The van der Waals surface area contributed by atoms with Crippen molar-refractivity contribution in [2.24, 2.45) is 0 Å². The number of ether oxygens (including phenoxy) is 2. The predicted octanol–water partition coefficient (Wildman–Crippen LogP) is 2.91. The van der Waals surface area contributed by atoms with Crippen molar-refractivity contribution in [3.05, 3.63) is 53.1 Å². The molecule has 0 radical (unpaired) electrons. The summed E-state index contributed by atoms with van der Waals surface area (Å²) in [5, 5.41) is 2.78. The first-order valence-electron chi connectivity index (χ1n) is 10.00. The van der Waals surface area contributed by atoms with Crippen LogP contribution in [0.4, 0.5) is 0 Å². The number of hydrogen-bond acceptors (Lipinski definition) is 5. The first kappa shape index (κ1) is 22.1. The summed E-state index contributed by atoms with van der Waals surface area (Å²) in [5.41, 5.74) is 2.34. The molecule has 0 atom stereocenters. The van der Waals surface area contributed by atoms with E-state index in [0.29, 0.717) is 26.2 Å². The van der Waals surface area contributed by atoms with Gasteiger partial charge in [-0.1, -0.05) is 18.2 Å². The Morgan fingerprint density at radius 2 is 1.77 bits per heavy atom. The fraction of sp³-hybridized carbons (Fsp3) is 0.409. The van der Waals surface area contributed by atoms with Crippen LogP contribution in [-0.4, -0.2) is 52.0 Å². The minimum atomic E-state index is -3.70. The highest BCUT2D eigenvalue weighted by atomic mass is 32.2. The number of amides is 1. The summed E-state index contributed by atoms with van der Waals surface area (Å²) in [7, 11) is -2.28. The Labute approximate surface area is 178 Å². The molecular weight excluding hydrogens is 404 g/mol. The molecule has 0 aliphatic carbocycles. The van der Waals surface area contributed by atoms with Crippen LogP contribution in [0.5, 0.6) is 11.5 Å². The average molecular weight is 433 g/mol. The smallest absolute Gasteiger partial charge is 0.251 e. The summed E-state index contributed by atoms with van der Waals surface area (Å²) in [5.74, 6) is 0.688. The summed E-state index contributed by atoms with van der Waals surface area (Å²) in [6.45, 7) is 5.52. The van der Waals surface area contributed by atoms with Crippen LogP contribution in [0.3, 0.4) is 0 Å². The van der Waals surface area contributed by atoms with Crippen molar-refractivity contribution in [3.63, 3.8) is 0 Å². The first-order chi connectivity index (χ1) is 14.3. The van der Waals surface area contributed by atoms with Gasteiger partial charge in [0.2, 0.25) is 10.0 Å². The van der Waals surface area contributed by atoms with Gasteiger partial charge in [0.15, 0.2) is 0 Å². The van der Waals surface area contributed by atoms with Gasteiger partial charge in [-0.05, 0) is 56.0 Å². The molecule has 1 aliphatic rings. The number of hydrogen-bond donors (Lipinski definition) is 1. The van der Waals surface area contributed by atoms with Crippen molar-refractivity contribution in [1.29, 1.82) is 0 Å². The summed E-state index contributed by atoms with van der Waals surface area (Å²) in [6.07, 6.45) is 1.67. The number of aryl methyl sites for hydroxylation is 2. The zero-order valence-corrected chi connectivity index (χ0v) is 18.4. The quantitative estimate of drug-likeness (QED) is 0.649. The van der Waals surface area contributed by atoms with Crippen LogP contribution < -0.4 is 14.8 Å². The molecule has 7 nitrogen and oxygen atoms in total. The van der Waals surface area contributed by atoms with Crippen molar-refractivity contribution >= 4 is 15.9 Å². The fourth-order valence-electron chi connectivity index (χ4n) is 3.53. The summed E-state index contributed by atoms with van der Waals surface area (Å²) < 4.78 is 38.4. The highest BCUT2D eigenvalue weighted by Gasteiger charge is 2.30. The Balaban J connectivity index is 1.67. The molecule has 0 aromatic heterocycles. The van der Waals surface area contributed by atoms with Crippen molar-refractivity contribution in [3.8, 4) is 11.5 Å². The van der Waals surface area contributed by atoms with Crippen LogP contribution in [-0.2, 0) is 10.0 Å². The van der Waals surface area contributed by atoms with E-state index in [4.69, 9.17) is 9.47 Å². The number of sulfonamides is 1. The highest BCUT2D eigenvalue weighted by Crippen LogP contribution is 2.30. The van der Waals surface area contributed by atoms with Gasteiger partial charge in [0.1, 0.15) is 23.0 Å². The lowest BCUT2D eigenvalue weighted by Crippen LogP contribution is -2.30. The number of nitrogens with zero attached hydrogens (tertiary/aromatic N) is 1. The molecule has 30 heavy (non-hydrogen) atoms. The molecule has 162 valence electrons. The Kier molecular flexibility index (Phi) is 6.99. The molecule has 1 saturated heterocycles. The lowest BCUT2D eigenvalue weighted by molar-refractivity contribution is 0.0946. The Hall–Kier alpha value is -2.58. The van der Waals surface area contributed by atoms with Gasteiger partial charge in [0.25, 0.3) is 5.91 Å². The second-order valence-electron chi connectivity index (χ2n) is 7.30. The van der Waals surface area contributed by atoms with Crippen LogP contribution in [0, 0.1) is 13.8 Å². The molecule has 1 amide bonds. The van der Waals surface area contributed by atoms with Gasteiger partial charge < -0.3 is 14.8 Å². The molecule has 1 N–H and O–H groups in total. The number of benzene rings is 2. The summed E-state index contributed by atoms with van der Waals surface area (Å²) in [4.78, 5) is 12.6. The van der Waals surface area contributed by atoms with Crippen molar-refractivity contribution in [1.82, 2.24) is 9.62 Å². The monoisotopic (exact) mass is 432 g/mol. The molecule has 1 fully saturated rings. The minimum Gasteiger partial charge on any atom is -0.495 e. The number of para-hydroxylation sites is 1. The topological polar surface area (TPSA) is 84.9 Å². The van der Waals surface area contributed by atoms with Gasteiger partial charge in [0.05, 0.1) is 13.7 Å². The molecule has 3 rings (SSSR count). The molecule has 1 aliphatic heterocycles. The van der Waals surface area contributed by atoms with Crippen molar-refractivity contribution in [2.45, 2.75) is 31.6 Å². The lowest BCUT2D eigenvalue weighted by Gasteiger charge is -2.18. The number of carbonyl (C=O) groups is 1. The third kappa shape index (κ3) is 4.76. The Bertz CT molecular complexity index is 994. The van der Waals surface area contributed by atoms with Crippen LogP contribution in [0.15, 0.2) is 41.3 Å². The van der Waals surface area contributed by atoms with E-state index < -0.39 is 10.0 Å². The standard InChI is InChI=1S/C22H28N2O5S/c1-16-7-6-8-17(2)21(16)29-14-11-23-22(25)18-9-10-19(28-3)20(15-18)30(26,27)24-12-4-5-13-24/h6-10,15H,4-5,11-14H2,1-3H3,(H,23,25). The minimum absolute atomic E-state index is 0.0198. The SMILES string of the molecule is COc1ccc(C(=O)NCCOc2c(C)cccc2C)cc1S(=O)(=O)N1CCCC1. The normalized spacial score (nSPS) is 14.5. The maximum absolute atomic E-state index is 13.0. The molecule has 0 bridgehead atoms. The second kappa shape index (κ2) is 9.49. The van der Waals surface area contributed by atoms with Crippen LogP contribution >= 0.6 is 0 Å². The van der Waals surface area contributed by atoms with Crippen LogP contribution in [0.1, 0.15) is 34.3 Å². The van der Waals surface area contributed by atoms with Crippen LogP contribution in [0.2, 0.25) is 0 Å². The third-order valence-corrected chi connectivity index (χ3v) is 7.07. The third-order valence-electron chi connectivity index (χ3n) is 5.15. The molecule has 0 spiro atoms. The van der Waals surface area contributed by atoms with Gasteiger partial charge in [-0.25, -0.2) is 8.42 Å². The van der Waals surface area contributed by atoms with Gasteiger partial charge in [0, 0.05) is 18.7 Å². The fourth-order valence-corrected chi connectivity index (χ4v) is 5.23. The summed E-state index contributed by atoms with van der Waals surface area (Å²) >= 11 is 0. The maximum Gasteiger partial charge on any atom is 0.251 e. The second-order valence-corrected chi connectivity index (χ2v) is 9.21. The van der Waals surface area contributed by atoms with E-state index >= 15 is 0 Å². The molecule has 2 aromatic rings. The van der Waals surface area contributed by atoms with Gasteiger partial charge in [-0.2, -0.15) is 4.31 Å². The van der Waals surface area contributed by atoms with Gasteiger partial charge in [-0.15, -0.1) is 0 Å². The van der Waals surface area contributed by atoms with Crippen molar-refractivity contribution in [2.75, 3.05) is 33.4 Å². The molecule has 0 unspecified atom stereocenters. The molecular formula is C22H28N2O5S. The van der Waals surface area contributed by atoms with E-state index in [2.05, 4.69) is 5.32 Å². The predicted molar refractivity (Wildman–Crippen MR) is 115 cm³/mol. The van der Waals surface area contributed by atoms with E-state index in [0.717, 1.165) is 29.7 Å². The molecule has 2 aromatic carbocycles. The van der Waals surface area contributed by atoms with E-state index in [9.17, 15) is 13.2 Å². The average Bonchev–Trinajstić information content (AvgIpc) is 3.28. The van der Waals surface area contributed by atoms with E-state index in [1.807, 2.05) is 32.0 Å². The van der Waals surface area contributed by atoms with E-state index in [1.54, 1.807) is 6.07 Å². The highest BCUT2D eigenvalue weighted by molar-refractivity contribution is 7.89. The number of methoxy groups -OCH3 is 1. The van der Waals surface area contributed by atoms with Crippen LogP contribution in [0.25, 0.3) is 0 Å². The van der Waals surface area contributed by atoms with E-state index in [-0.39, 0.29) is 22.1 Å². The van der Waals surface area contributed by atoms with Crippen molar-refractivity contribution < 1.29 is 22.7 Å². The van der Waals surface area contributed by atoms with E-state index in [1.165, 1.54) is 23.5 Å². The van der Waals surface area contributed by atoms with Gasteiger partial charge in [-0.3, -0.25) is 4.79 Å².